The van der Waals surface area contributed by atoms with Crippen LogP contribution in [-0.2, 0) is 16.0 Å². The average Bonchev–Trinajstić information content (AvgIpc) is 3.52. The van der Waals surface area contributed by atoms with Crippen molar-refractivity contribution in [1.82, 2.24) is 9.88 Å². The zero-order chi connectivity index (χ0) is 24.4. The largest absolute Gasteiger partial charge is 0.391 e. The number of aromatic nitrogens is 2. The molecule has 1 amide bonds. The van der Waals surface area contributed by atoms with E-state index in [0.29, 0.717) is 12.8 Å². The quantitative estimate of drug-likeness (QED) is 0.495. The first kappa shape index (κ1) is 24.3. The second-order valence-electron chi connectivity index (χ2n) is 9.47. The summed E-state index contributed by atoms with van der Waals surface area (Å²) in [7, 11) is 0. The van der Waals surface area contributed by atoms with E-state index in [1.54, 1.807) is 33.4 Å². The van der Waals surface area contributed by atoms with E-state index in [1.807, 2.05) is 45.3 Å². The van der Waals surface area contributed by atoms with Gasteiger partial charge >= 0.3 is 0 Å². The van der Waals surface area contributed by atoms with Crippen LogP contribution in [0.5, 0.6) is 0 Å². The molecule has 34 heavy (non-hydrogen) atoms. The number of thiazole rings is 1. The van der Waals surface area contributed by atoms with Gasteiger partial charge in [0, 0.05) is 25.3 Å². The van der Waals surface area contributed by atoms with E-state index in [9.17, 15) is 14.7 Å². The first-order valence-corrected chi connectivity index (χ1v) is 12.6. The Bertz CT molecular complexity index is 1150. The molecule has 8 heteroatoms. The van der Waals surface area contributed by atoms with Gasteiger partial charge in [-0.25, -0.2) is 9.51 Å². The van der Waals surface area contributed by atoms with Crippen molar-refractivity contribution in [3.05, 3.63) is 59.1 Å². The molecule has 2 aromatic heterocycles. The molecule has 0 spiro atoms. The zero-order valence-corrected chi connectivity index (χ0v) is 20.9. The third-order valence-corrected chi connectivity index (χ3v) is 7.38. The fraction of sp³-hybridized carbons (Fsp3) is 0.462. The summed E-state index contributed by atoms with van der Waals surface area (Å²) in [5.41, 5.74) is 5.97. The number of carbonyl (C=O) groups is 2. The fourth-order valence-corrected chi connectivity index (χ4v) is 5.42. The van der Waals surface area contributed by atoms with Gasteiger partial charge in [-0.05, 0) is 36.1 Å². The predicted octanol–water partition coefficient (Wildman–Crippen LogP) is 3.67. The molecule has 4 rings (SSSR count). The Morgan fingerprint density at radius 2 is 2.00 bits per heavy atom. The molecule has 1 aliphatic rings. The topological polar surface area (TPSA) is 87.5 Å². The Kier molecular flexibility index (Phi) is 7.28. The summed E-state index contributed by atoms with van der Waals surface area (Å²) in [6.07, 6.45) is 3.89. The molecular formula is C26H32N3O4S+. The maximum Gasteiger partial charge on any atom is 0.297 e. The van der Waals surface area contributed by atoms with Gasteiger partial charge in [-0.3, -0.25) is 9.59 Å². The molecule has 7 nitrogen and oxygen atoms in total. The molecule has 180 valence electrons. The molecule has 0 bridgehead atoms. The van der Waals surface area contributed by atoms with Crippen molar-refractivity contribution in [1.29, 1.82) is 0 Å². The third kappa shape index (κ3) is 5.13. The standard InChI is InChI=1S/C26H32N3O4S/c1-16(2)24(29-12-17(3)14-33-29)26(32)28-13-21(30)11-22(28)23(31)10-7-19-5-8-20(9-6-19)25-18(4)27-15-34-25/h5-6,8-9,12,14-16,21-22,24,30H,7,10-11,13H2,1-4H3/q+1/t21-,22+,24+/m1/s1. The second kappa shape index (κ2) is 10.2. The number of benzene rings is 1. The second-order valence-corrected chi connectivity index (χ2v) is 10.3. The van der Waals surface area contributed by atoms with E-state index >= 15 is 0 Å². The van der Waals surface area contributed by atoms with Gasteiger partial charge in [-0.1, -0.05) is 38.1 Å². The molecule has 1 fully saturated rings. The summed E-state index contributed by atoms with van der Waals surface area (Å²) in [5, 5.41) is 10.3. The molecular weight excluding hydrogens is 450 g/mol. The molecule has 1 N–H and O–H groups in total. The Balaban J connectivity index is 1.43. The number of amides is 1. The van der Waals surface area contributed by atoms with E-state index < -0.39 is 18.2 Å². The first-order valence-electron chi connectivity index (χ1n) is 11.7. The Hall–Kier alpha value is -2.84. The van der Waals surface area contributed by atoms with E-state index in [1.165, 1.54) is 0 Å². The van der Waals surface area contributed by atoms with Gasteiger partial charge < -0.3 is 10.0 Å². The minimum Gasteiger partial charge on any atom is -0.391 e. The van der Waals surface area contributed by atoms with Crippen LogP contribution in [0.1, 0.15) is 49.6 Å². The van der Waals surface area contributed by atoms with E-state index in [2.05, 4.69) is 17.1 Å². The highest BCUT2D eigenvalue weighted by Gasteiger charge is 2.45. The summed E-state index contributed by atoms with van der Waals surface area (Å²) < 4.78 is 7.12. The zero-order valence-electron chi connectivity index (χ0n) is 20.1. The maximum absolute atomic E-state index is 13.5. The molecule has 0 aliphatic carbocycles. The first-order chi connectivity index (χ1) is 16.2. The summed E-state index contributed by atoms with van der Waals surface area (Å²) in [6, 6.07) is 7.03. The predicted molar refractivity (Wildman–Crippen MR) is 129 cm³/mol. The van der Waals surface area contributed by atoms with Crippen LogP contribution in [0.25, 0.3) is 10.4 Å². The van der Waals surface area contributed by atoms with Gasteiger partial charge in [-0.2, -0.15) is 0 Å². The lowest BCUT2D eigenvalue weighted by atomic mass is 9.98. The number of Topliss-reactive ketones (excluding diaryl/α,β-unsaturated/α-hetero) is 1. The van der Waals surface area contributed by atoms with Crippen LogP contribution in [0, 0.1) is 19.8 Å². The van der Waals surface area contributed by atoms with E-state index in [-0.39, 0.29) is 30.6 Å². The van der Waals surface area contributed by atoms with Crippen molar-refractivity contribution >= 4 is 23.0 Å². The van der Waals surface area contributed by atoms with Gasteiger partial charge in [0.25, 0.3) is 11.9 Å². The van der Waals surface area contributed by atoms with E-state index in [0.717, 1.165) is 27.3 Å². The highest BCUT2D eigenvalue weighted by Crippen LogP contribution is 2.28. The summed E-state index contributed by atoms with van der Waals surface area (Å²) in [5.74, 6) is -0.235. The number of ketones is 1. The lowest BCUT2D eigenvalue weighted by Crippen LogP contribution is -2.53. The fourth-order valence-electron chi connectivity index (χ4n) is 4.61. The van der Waals surface area contributed by atoms with Crippen molar-refractivity contribution < 1.29 is 24.0 Å². The average molecular weight is 483 g/mol. The van der Waals surface area contributed by atoms with Gasteiger partial charge in [0.15, 0.2) is 12.0 Å². The highest BCUT2D eigenvalue weighted by molar-refractivity contribution is 7.13. The molecule has 0 unspecified atom stereocenters. The molecule has 0 radical (unpaired) electrons. The van der Waals surface area contributed by atoms with Crippen molar-refractivity contribution in [2.45, 2.75) is 65.1 Å². The molecule has 1 saturated heterocycles. The van der Waals surface area contributed by atoms with Crippen molar-refractivity contribution in [2.24, 2.45) is 5.92 Å². The normalized spacial score (nSPS) is 19.1. The smallest absolute Gasteiger partial charge is 0.297 e. The summed E-state index contributed by atoms with van der Waals surface area (Å²) >= 11 is 1.62. The van der Waals surface area contributed by atoms with Crippen LogP contribution >= 0.6 is 11.3 Å². The SMILES string of the molecule is Cc1co[n+]([C@H](C(=O)N2C[C@H](O)C[C@H]2C(=O)CCc2ccc(-c3scnc3C)cc2)C(C)C)c1. The van der Waals surface area contributed by atoms with Crippen LogP contribution in [0.2, 0.25) is 0 Å². The van der Waals surface area contributed by atoms with Crippen molar-refractivity contribution in [3.8, 4) is 10.4 Å². The lowest BCUT2D eigenvalue weighted by molar-refractivity contribution is -0.876. The third-order valence-electron chi connectivity index (χ3n) is 6.41. The van der Waals surface area contributed by atoms with Crippen molar-refractivity contribution in [3.63, 3.8) is 0 Å². The van der Waals surface area contributed by atoms with Gasteiger partial charge in [-0.15, -0.1) is 11.3 Å². The number of aryl methyl sites for hydroxylation is 3. The molecule has 3 aromatic rings. The maximum atomic E-state index is 13.5. The minimum atomic E-state index is -0.698. The number of likely N-dealkylation sites (tertiary alicyclic amines) is 1. The number of hydrogen-bond acceptors (Lipinski definition) is 6. The van der Waals surface area contributed by atoms with Crippen LogP contribution in [0.15, 0.2) is 46.8 Å². The highest BCUT2D eigenvalue weighted by atomic mass is 32.1. The van der Waals surface area contributed by atoms with Gasteiger partial charge in [0.1, 0.15) is 0 Å². The molecule has 3 atom stereocenters. The Morgan fingerprint density at radius 1 is 1.26 bits per heavy atom. The monoisotopic (exact) mass is 482 g/mol. The summed E-state index contributed by atoms with van der Waals surface area (Å²) in [6.45, 7) is 7.97. The molecule has 1 aliphatic heterocycles. The Morgan fingerprint density at radius 3 is 2.59 bits per heavy atom. The molecule has 1 aromatic carbocycles. The number of carbonyl (C=O) groups excluding carboxylic acids is 2. The van der Waals surface area contributed by atoms with Crippen LogP contribution in [0.4, 0.5) is 0 Å². The lowest BCUT2D eigenvalue weighted by Gasteiger charge is -2.25. The molecule has 0 saturated carbocycles. The van der Waals surface area contributed by atoms with Crippen molar-refractivity contribution in [2.75, 3.05) is 6.54 Å². The number of hydrogen-bond donors (Lipinski definition) is 1. The summed E-state index contributed by atoms with van der Waals surface area (Å²) in [4.78, 5) is 33.7. The number of rotatable bonds is 8. The van der Waals surface area contributed by atoms with Gasteiger partial charge in [0.2, 0.25) is 6.20 Å². The van der Waals surface area contributed by atoms with Crippen LogP contribution in [0.3, 0.4) is 0 Å². The number of aliphatic hydroxyl groups excluding tert-OH is 1. The van der Waals surface area contributed by atoms with Crippen LogP contribution < -0.4 is 4.74 Å². The molecule has 3 heterocycles. The van der Waals surface area contributed by atoms with Gasteiger partial charge in [0.05, 0.1) is 33.8 Å². The number of nitrogens with zero attached hydrogens (tertiary/aromatic N) is 3. The van der Waals surface area contributed by atoms with E-state index in [4.69, 9.17) is 4.52 Å². The van der Waals surface area contributed by atoms with Crippen LogP contribution in [-0.4, -0.2) is 45.4 Å². The number of aliphatic hydroxyl groups is 1. The minimum absolute atomic E-state index is 0.0181. The Labute approximate surface area is 204 Å². The number of β-amino-alcohol motifs (C(OH)–C–C–N with tert-alkyl or cyclic N) is 1.